The Morgan fingerprint density at radius 2 is 2.26 bits per heavy atom. The van der Waals surface area contributed by atoms with Crippen molar-refractivity contribution in [1.82, 2.24) is 25.1 Å². The lowest BCUT2D eigenvalue weighted by Crippen LogP contribution is -2.34. The maximum Gasteiger partial charge on any atom is 0.331 e. The molecule has 9 heteroatoms. The molecular formula is C10H11N5O4. The molecule has 2 heterocycles. The number of aromatic nitrogens is 4. The van der Waals surface area contributed by atoms with Gasteiger partial charge in [0.2, 0.25) is 0 Å². The third-order valence-electron chi connectivity index (χ3n) is 2.42. The van der Waals surface area contributed by atoms with Crippen LogP contribution in [0.15, 0.2) is 23.4 Å². The Hall–Kier alpha value is -2.84. The third kappa shape index (κ3) is 2.70. The van der Waals surface area contributed by atoms with Gasteiger partial charge in [0.05, 0.1) is 6.20 Å². The van der Waals surface area contributed by atoms with Gasteiger partial charge in [0.15, 0.2) is 6.04 Å². The van der Waals surface area contributed by atoms with Gasteiger partial charge in [0, 0.05) is 25.0 Å². The summed E-state index contributed by atoms with van der Waals surface area (Å²) < 4.78 is 1.43. The molecule has 100 valence electrons. The number of carboxylic acid groups (broad SMARTS) is 1. The second-order valence-electron chi connectivity index (χ2n) is 3.85. The summed E-state index contributed by atoms with van der Waals surface area (Å²) in [4.78, 5) is 38.3. The number of hydrogen-bond donors (Lipinski definition) is 4. The van der Waals surface area contributed by atoms with Gasteiger partial charge in [-0.1, -0.05) is 0 Å². The number of aryl methyl sites for hydroxylation is 1. The van der Waals surface area contributed by atoms with Crippen LogP contribution in [0.1, 0.15) is 22.1 Å². The van der Waals surface area contributed by atoms with Crippen LogP contribution >= 0.6 is 0 Å². The van der Waals surface area contributed by atoms with E-state index in [2.05, 4.69) is 20.4 Å². The summed E-state index contributed by atoms with van der Waals surface area (Å²) >= 11 is 0. The van der Waals surface area contributed by atoms with Gasteiger partial charge in [-0.25, -0.2) is 9.59 Å². The van der Waals surface area contributed by atoms with Crippen LogP contribution in [-0.4, -0.2) is 36.7 Å². The molecule has 1 unspecified atom stereocenters. The lowest BCUT2D eigenvalue weighted by Gasteiger charge is -2.11. The van der Waals surface area contributed by atoms with Crippen molar-refractivity contribution >= 4 is 11.9 Å². The highest BCUT2D eigenvalue weighted by Gasteiger charge is 2.24. The highest BCUT2D eigenvalue weighted by Crippen LogP contribution is 2.12. The summed E-state index contributed by atoms with van der Waals surface area (Å²) in [5, 5.41) is 15.2. The van der Waals surface area contributed by atoms with Gasteiger partial charge >= 0.3 is 11.7 Å². The van der Waals surface area contributed by atoms with Gasteiger partial charge in [-0.15, -0.1) is 0 Å². The van der Waals surface area contributed by atoms with Crippen molar-refractivity contribution in [2.45, 2.75) is 6.04 Å². The zero-order chi connectivity index (χ0) is 14.0. The predicted octanol–water partition coefficient (Wildman–Crippen LogP) is -1.01. The molecular weight excluding hydrogens is 254 g/mol. The highest BCUT2D eigenvalue weighted by molar-refractivity contribution is 5.95. The lowest BCUT2D eigenvalue weighted by atomic mass is 10.1. The van der Waals surface area contributed by atoms with Crippen LogP contribution in [0.5, 0.6) is 0 Å². The zero-order valence-electron chi connectivity index (χ0n) is 9.88. The Bertz CT molecular complexity index is 667. The minimum atomic E-state index is -1.24. The maximum absolute atomic E-state index is 11.8. The van der Waals surface area contributed by atoms with Crippen molar-refractivity contribution in [2.24, 2.45) is 7.05 Å². The Labute approximate surface area is 106 Å². The van der Waals surface area contributed by atoms with Crippen molar-refractivity contribution in [3.8, 4) is 0 Å². The van der Waals surface area contributed by atoms with Crippen LogP contribution < -0.4 is 11.0 Å². The average Bonchev–Trinajstić information content (AvgIpc) is 2.94. The fourth-order valence-electron chi connectivity index (χ4n) is 1.54. The number of amides is 1. The van der Waals surface area contributed by atoms with E-state index in [1.54, 1.807) is 7.05 Å². The standard InChI is InChI=1S/C10H11N5O4/c1-15-4-5(2-12-15)7(9(17)18)14-8(16)6-3-11-10(19)13-6/h2-4,7H,1H3,(H,14,16)(H,17,18)(H2,11,13,19). The van der Waals surface area contributed by atoms with Crippen LogP contribution in [0, 0.1) is 0 Å². The maximum atomic E-state index is 11.8. The molecule has 4 N–H and O–H groups in total. The van der Waals surface area contributed by atoms with Gasteiger partial charge in [-0.3, -0.25) is 9.48 Å². The van der Waals surface area contributed by atoms with Crippen LogP contribution in [0.3, 0.4) is 0 Å². The Kier molecular flexibility index (Phi) is 3.19. The first kappa shape index (κ1) is 12.6. The van der Waals surface area contributed by atoms with E-state index in [0.29, 0.717) is 5.56 Å². The number of aromatic amines is 2. The van der Waals surface area contributed by atoms with E-state index < -0.39 is 23.6 Å². The number of aliphatic carboxylic acids is 1. The van der Waals surface area contributed by atoms with Gasteiger partial charge in [-0.2, -0.15) is 5.10 Å². The largest absolute Gasteiger partial charge is 0.479 e. The minimum Gasteiger partial charge on any atom is -0.479 e. The summed E-state index contributed by atoms with van der Waals surface area (Å²) in [6.07, 6.45) is 4.00. The molecule has 0 aliphatic heterocycles. The molecule has 2 aromatic rings. The van der Waals surface area contributed by atoms with Crippen LogP contribution in [-0.2, 0) is 11.8 Å². The normalized spacial score (nSPS) is 12.1. The molecule has 0 bridgehead atoms. The molecule has 0 spiro atoms. The molecule has 0 saturated carbocycles. The van der Waals surface area contributed by atoms with E-state index in [1.165, 1.54) is 23.3 Å². The summed E-state index contributed by atoms with van der Waals surface area (Å²) in [6.45, 7) is 0. The average molecular weight is 265 g/mol. The monoisotopic (exact) mass is 265 g/mol. The Morgan fingerprint density at radius 3 is 2.74 bits per heavy atom. The summed E-state index contributed by atoms with van der Waals surface area (Å²) in [5.41, 5.74) is -0.250. The number of rotatable bonds is 4. The first-order valence-electron chi connectivity index (χ1n) is 5.27. The summed E-state index contributed by atoms with van der Waals surface area (Å²) in [7, 11) is 1.63. The van der Waals surface area contributed by atoms with E-state index in [1.807, 2.05) is 0 Å². The second-order valence-corrected chi connectivity index (χ2v) is 3.85. The lowest BCUT2D eigenvalue weighted by molar-refractivity contribution is -0.139. The van der Waals surface area contributed by atoms with Gasteiger partial charge < -0.3 is 20.4 Å². The fraction of sp³-hybridized carbons (Fsp3) is 0.200. The molecule has 0 saturated heterocycles. The molecule has 9 nitrogen and oxygen atoms in total. The second kappa shape index (κ2) is 4.80. The number of carbonyl (C=O) groups excluding carboxylic acids is 1. The molecule has 0 aliphatic carbocycles. The quantitative estimate of drug-likeness (QED) is 0.562. The Balaban J connectivity index is 2.20. The van der Waals surface area contributed by atoms with Crippen molar-refractivity contribution < 1.29 is 14.7 Å². The highest BCUT2D eigenvalue weighted by atomic mass is 16.4. The van der Waals surface area contributed by atoms with E-state index in [-0.39, 0.29) is 5.69 Å². The van der Waals surface area contributed by atoms with Crippen LogP contribution in [0.25, 0.3) is 0 Å². The molecule has 0 fully saturated rings. The van der Waals surface area contributed by atoms with Gasteiger partial charge in [0.25, 0.3) is 5.91 Å². The molecule has 19 heavy (non-hydrogen) atoms. The van der Waals surface area contributed by atoms with Gasteiger partial charge in [0.1, 0.15) is 5.69 Å². The molecule has 2 aromatic heterocycles. The van der Waals surface area contributed by atoms with Gasteiger partial charge in [-0.05, 0) is 0 Å². The number of nitrogens with one attached hydrogen (secondary N) is 3. The van der Waals surface area contributed by atoms with E-state index in [4.69, 9.17) is 5.11 Å². The third-order valence-corrected chi connectivity index (χ3v) is 2.42. The fourth-order valence-corrected chi connectivity index (χ4v) is 1.54. The SMILES string of the molecule is Cn1cc(C(NC(=O)c2c[nH]c(=O)[nH]2)C(=O)O)cn1. The molecule has 0 radical (unpaired) electrons. The smallest absolute Gasteiger partial charge is 0.331 e. The number of carbonyl (C=O) groups is 2. The molecule has 1 amide bonds. The molecule has 0 aliphatic rings. The van der Waals surface area contributed by atoms with Crippen LogP contribution in [0.4, 0.5) is 0 Å². The van der Waals surface area contributed by atoms with Crippen LogP contribution in [0.2, 0.25) is 0 Å². The van der Waals surface area contributed by atoms with E-state index >= 15 is 0 Å². The first-order chi connectivity index (χ1) is 8.97. The number of H-pyrrole nitrogens is 2. The molecule has 0 aromatic carbocycles. The minimum absolute atomic E-state index is 0.0415. The summed E-state index contributed by atoms with van der Waals surface area (Å²) in [6, 6.07) is -1.24. The number of hydrogen-bond acceptors (Lipinski definition) is 4. The van der Waals surface area contributed by atoms with Crippen molar-refractivity contribution in [1.29, 1.82) is 0 Å². The van der Waals surface area contributed by atoms with Crippen molar-refractivity contribution in [2.75, 3.05) is 0 Å². The van der Waals surface area contributed by atoms with Crippen molar-refractivity contribution in [3.63, 3.8) is 0 Å². The number of nitrogens with zero attached hydrogens (tertiary/aromatic N) is 2. The molecule has 2 rings (SSSR count). The molecule has 1 atom stereocenters. The zero-order valence-corrected chi connectivity index (χ0v) is 9.88. The number of imidazole rings is 1. The topological polar surface area (TPSA) is 133 Å². The number of carboxylic acids is 1. The predicted molar refractivity (Wildman–Crippen MR) is 62.5 cm³/mol. The first-order valence-corrected chi connectivity index (χ1v) is 5.27. The Morgan fingerprint density at radius 1 is 1.53 bits per heavy atom. The van der Waals surface area contributed by atoms with Crippen molar-refractivity contribution in [3.05, 3.63) is 40.3 Å². The summed E-state index contributed by atoms with van der Waals surface area (Å²) in [5.74, 6) is -1.92. The van der Waals surface area contributed by atoms with E-state index in [9.17, 15) is 14.4 Å². The van der Waals surface area contributed by atoms with E-state index in [0.717, 1.165) is 0 Å².